The molecule has 2 nitrogen and oxygen atoms in total. The number of Topliss-reactive ketones (excluding diaryl/α,β-unsaturated/α-hetero) is 1. The summed E-state index contributed by atoms with van der Waals surface area (Å²) in [5.74, 6) is -0.0367. The van der Waals surface area contributed by atoms with Crippen LogP contribution in [0.15, 0.2) is 64.5 Å². The van der Waals surface area contributed by atoms with E-state index >= 15 is 0 Å². The molecule has 0 aromatic heterocycles. The fourth-order valence-corrected chi connectivity index (χ4v) is 2.99. The van der Waals surface area contributed by atoms with Crippen LogP contribution in [0.5, 0.6) is 0 Å². The highest BCUT2D eigenvalue weighted by molar-refractivity contribution is 8.04. The summed E-state index contributed by atoms with van der Waals surface area (Å²) in [7, 11) is 3.77. The number of carbonyl (C=O) groups excluding carboxylic acids is 1. The van der Waals surface area contributed by atoms with E-state index < -0.39 is 0 Å². The number of benzene rings is 2. The Hall–Kier alpha value is -1.42. The van der Waals surface area contributed by atoms with E-state index in [0.717, 1.165) is 4.90 Å². The van der Waals surface area contributed by atoms with Gasteiger partial charge in [-0.15, -0.1) is 0 Å². The summed E-state index contributed by atoms with van der Waals surface area (Å²) < 4.78 is 0. The molecule has 0 aliphatic carbocycles. The van der Waals surface area contributed by atoms with Crippen molar-refractivity contribution in [2.24, 2.45) is 0 Å². The van der Waals surface area contributed by atoms with Crippen LogP contribution in [0, 0.1) is 0 Å². The zero-order valence-corrected chi connectivity index (χ0v) is 14.5. The zero-order chi connectivity index (χ0) is 16.1. The summed E-state index contributed by atoms with van der Waals surface area (Å²) in [6.45, 7) is 0. The number of hydrogen-bond acceptors (Lipinski definition) is 3. The van der Waals surface area contributed by atoms with Crippen LogP contribution in [-0.2, 0) is 0 Å². The average Bonchev–Trinajstić information content (AvgIpc) is 2.48. The minimum atomic E-state index is -0.0367. The third-order valence-corrected chi connectivity index (χ3v) is 4.27. The molecule has 0 unspecified atom stereocenters. The van der Waals surface area contributed by atoms with E-state index in [4.69, 9.17) is 23.2 Å². The standard InChI is InChI=1S/C17H15Cl2NOS/c1-20(2)11-16(22-15-9-7-14(19)8-10-15)17(21)12-3-5-13(18)6-4-12/h3-11H,1-2H3/b16-11-. The molecule has 0 aliphatic rings. The van der Waals surface area contributed by atoms with Gasteiger partial charge in [0.2, 0.25) is 5.78 Å². The van der Waals surface area contributed by atoms with Crippen LogP contribution in [0.2, 0.25) is 10.0 Å². The van der Waals surface area contributed by atoms with E-state index in [1.165, 1.54) is 11.8 Å². The van der Waals surface area contributed by atoms with E-state index in [1.807, 2.05) is 49.5 Å². The molecule has 0 heterocycles. The van der Waals surface area contributed by atoms with Gasteiger partial charge < -0.3 is 4.90 Å². The van der Waals surface area contributed by atoms with Crippen molar-refractivity contribution in [2.45, 2.75) is 4.90 Å². The summed E-state index contributed by atoms with van der Waals surface area (Å²) in [6, 6.07) is 14.3. The van der Waals surface area contributed by atoms with Crippen molar-refractivity contribution < 1.29 is 4.79 Å². The number of hydrogen-bond donors (Lipinski definition) is 0. The number of allylic oxidation sites excluding steroid dienone is 1. The Labute approximate surface area is 144 Å². The van der Waals surface area contributed by atoms with Gasteiger partial charge in [-0.1, -0.05) is 35.0 Å². The monoisotopic (exact) mass is 351 g/mol. The quantitative estimate of drug-likeness (QED) is 0.410. The Balaban J connectivity index is 2.28. The lowest BCUT2D eigenvalue weighted by Crippen LogP contribution is -2.08. The van der Waals surface area contributed by atoms with Crippen molar-refractivity contribution >= 4 is 40.7 Å². The zero-order valence-electron chi connectivity index (χ0n) is 12.2. The molecule has 0 aliphatic heterocycles. The molecule has 0 atom stereocenters. The van der Waals surface area contributed by atoms with Gasteiger partial charge in [0.15, 0.2) is 0 Å². The molecule has 0 bridgehead atoms. The molecule has 0 radical (unpaired) electrons. The maximum absolute atomic E-state index is 12.7. The largest absolute Gasteiger partial charge is 0.382 e. The highest BCUT2D eigenvalue weighted by Gasteiger charge is 2.14. The highest BCUT2D eigenvalue weighted by atomic mass is 35.5. The van der Waals surface area contributed by atoms with E-state index in [2.05, 4.69) is 0 Å². The SMILES string of the molecule is CN(C)/C=C(\Sc1ccc(Cl)cc1)C(=O)c1ccc(Cl)cc1. The molecule has 0 N–H and O–H groups in total. The predicted octanol–water partition coefficient (Wildman–Crippen LogP) is 5.37. The van der Waals surface area contributed by atoms with Crippen molar-refractivity contribution in [3.05, 3.63) is 75.2 Å². The first kappa shape index (κ1) is 16.9. The fraction of sp³-hybridized carbons (Fsp3) is 0.118. The predicted molar refractivity (Wildman–Crippen MR) is 94.9 cm³/mol. The number of rotatable bonds is 5. The molecule has 5 heteroatoms. The van der Waals surface area contributed by atoms with Gasteiger partial charge in [-0.25, -0.2) is 0 Å². The normalized spacial score (nSPS) is 11.4. The van der Waals surface area contributed by atoms with Crippen molar-refractivity contribution in [2.75, 3.05) is 14.1 Å². The van der Waals surface area contributed by atoms with Crippen molar-refractivity contribution in [1.82, 2.24) is 4.90 Å². The summed E-state index contributed by atoms with van der Waals surface area (Å²) in [6.07, 6.45) is 1.82. The molecule has 0 saturated heterocycles. The second-order valence-electron chi connectivity index (χ2n) is 4.85. The van der Waals surface area contributed by atoms with Gasteiger partial charge in [0.25, 0.3) is 0 Å². The summed E-state index contributed by atoms with van der Waals surface area (Å²) in [5, 5.41) is 1.28. The molecule has 22 heavy (non-hydrogen) atoms. The fourth-order valence-electron chi connectivity index (χ4n) is 1.74. The molecule has 0 spiro atoms. The minimum absolute atomic E-state index is 0.0367. The summed E-state index contributed by atoms with van der Waals surface area (Å²) in [5.41, 5.74) is 0.610. The summed E-state index contributed by atoms with van der Waals surface area (Å²) >= 11 is 13.2. The number of ketones is 1. The number of carbonyl (C=O) groups is 1. The van der Waals surface area contributed by atoms with Gasteiger partial charge in [0.05, 0.1) is 4.91 Å². The summed E-state index contributed by atoms with van der Waals surface area (Å²) in [4.78, 5) is 16.1. The number of thioether (sulfide) groups is 1. The molecule has 114 valence electrons. The molecule has 2 aromatic carbocycles. The van der Waals surface area contributed by atoms with Crippen molar-refractivity contribution in [3.63, 3.8) is 0 Å². The van der Waals surface area contributed by atoms with E-state index in [1.54, 1.807) is 24.3 Å². The van der Waals surface area contributed by atoms with Crippen LogP contribution in [0.25, 0.3) is 0 Å². The highest BCUT2D eigenvalue weighted by Crippen LogP contribution is 2.30. The molecular formula is C17H15Cl2NOS. The molecule has 2 aromatic rings. The lowest BCUT2D eigenvalue weighted by Gasteiger charge is -2.11. The first-order chi connectivity index (χ1) is 10.5. The molecular weight excluding hydrogens is 337 g/mol. The molecule has 0 saturated carbocycles. The van der Waals surface area contributed by atoms with Crippen molar-refractivity contribution in [3.8, 4) is 0 Å². The van der Waals surface area contributed by atoms with Crippen LogP contribution in [0.4, 0.5) is 0 Å². The van der Waals surface area contributed by atoms with Gasteiger partial charge in [0.1, 0.15) is 0 Å². The topological polar surface area (TPSA) is 20.3 Å². The van der Waals surface area contributed by atoms with Gasteiger partial charge in [-0.05, 0) is 48.5 Å². The maximum atomic E-state index is 12.7. The van der Waals surface area contributed by atoms with Crippen LogP contribution in [-0.4, -0.2) is 24.8 Å². The minimum Gasteiger partial charge on any atom is -0.382 e. The second-order valence-corrected chi connectivity index (χ2v) is 6.84. The van der Waals surface area contributed by atoms with Crippen molar-refractivity contribution in [1.29, 1.82) is 0 Å². The van der Waals surface area contributed by atoms with Gasteiger partial charge in [-0.3, -0.25) is 4.79 Å². The first-order valence-electron chi connectivity index (χ1n) is 6.57. The second kappa shape index (κ2) is 7.73. The number of halogens is 2. The lowest BCUT2D eigenvalue weighted by molar-refractivity contribution is 0.104. The third-order valence-electron chi connectivity index (χ3n) is 2.75. The Morgan fingerprint density at radius 1 is 0.955 bits per heavy atom. The Morgan fingerprint density at radius 3 is 1.95 bits per heavy atom. The molecule has 0 amide bonds. The van der Waals surface area contributed by atoms with E-state index in [9.17, 15) is 4.79 Å². The molecule has 2 rings (SSSR count). The van der Waals surface area contributed by atoms with Crippen LogP contribution in [0.3, 0.4) is 0 Å². The Morgan fingerprint density at radius 2 is 1.45 bits per heavy atom. The number of nitrogens with zero attached hydrogens (tertiary/aromatic N) is 1. The van der Waals surface area contributed by atoms with E-state index in [0.29, 0.717) is 20.5 Å². The van der Waals surface area contributed by atoms with Crippen LogP contribution < -0.4 is 0 Å². The Kier molecular flexibility index (Phi) is 5.95. The Bertz CT molecular complexity index is 679. The van der Waals surface area contributed by atoms with E-state index in [-0.39, 0.29) is 5.78 Å². The molecule has 0 fully saturated rings. The third kappa shape index (κ3) is 4.80. The smallest absolute Gasteiger partial charge is 0.201 e. The lowest BCUT2D eigenvalue weighted by atomic mass is 10.1. The van der Waals surface area contributed by atoms with Gasteiger partial charge in [-0.2, -0.15) is 0 Å². The van der Waals surface area contributed by atoms with Gasteiger partial charge >= 0.3 is 0 Å². The average molecular weight is 352 g/mol. The van der Waals surface area contributed by atoms with Gasteiger partial charge in [0, 0.05) is 40.8 Å². The van der Waals surface area contributed by atoms with Crippen LogP contribution >= 0.6 is 35.0 Å². The van der Waals surface area contributed by atoms with Crippen LogP contribution in [0.1, 0.15) is 10.4 Å². The first-order valence-corrected chi connectivity index (χ1v) is 8.15. The maximum Gasteiger partial charge on any atom is 0.201 e.